The molecular formula is C12H9ClN2O. The summed E-state index contributed by atoms with van der Waals surface area (Å²) < 4.78 is 0. The summed E-state index contributed by atoms with van der Waals surface area (Å²) in [5, 5.41) is 9.82. The molecule has 80 valence electrons. The van der Waals surface area contributed by atoms with Gasteiger partial charge in [-0.15, -0.1) is 0 Å². The number of benzene rings is 1. The van der Waals surface area contributed by atoms with Crippen LogP contribution in [0.2, 0.25) is 5.02 Å². The lowest BCUT2D eigenvalue weighted by atomic mass is 10.1. The second kappa shape index (κ2) is 3.99. The minimum atomic E-state index is -0.0845. The molecule has 1 heterocycles. The first-order valence-electron chi connectivity index (χ1n) is 4.81. The van der Waals surface area contributed by atoms with Crippen LogP contribution in [-0.2, 0) is 6.42 Å². The maximum absolute atomic E-state index is 11.8. The van der Waals surface area contributed by atoms with Crippen molar-refractivity contribution in [1.82, 2.24) is 4.98 Å². The summed E-state index contributed by atoms with van der Waals surface area (Å²) in [6.07, 6.45) is 0.192. The zero-order valence-corrected chi connectivity index (χ0v) is 9.43. The molecule has 1 N–H and O–H groups in total. The Morgan fingerprint density at radius 2 is 2.25 bits per heavy atom. The van der Waals surface area contributed by atoms with E-state index in [4.69, 9.17) is 16.9 Å². The normalized spacial score (nSPS) is 10.3. The van der Waals surface area contributed by atoms with E-state index in [9.17, 15) is 4.79 Å². The van der Waals surface area contributed by atoms with Gasteiger partial charge in [0.1, 0.15) is 0 Å². The molecule has 0 atom stereocenters. The van der Waals surface area contributed by atoms with Gasteiger partial charge in [-0.25, -0.2) is 0 Å². The number of hydrogen-bond donors (Lipinski definition) is 1. The van der Waals surface area contributed by atoms with E-state index in [0.29, 0.717) is 21.6 Å². The van der Waals surface area contributed by atoms with Gasteiger partial charge in [0.25, 0.3) is 0 Å². The van der Waals surface area contributed by atoms with Crippen molar-refractivity contribution < 1.29 is 0 Å². The van der Waals surface area contributed by atoms with Crippen LogP contribution in [0.1, 0.15) is 11.3 Å². The van der Waals surface area contributed by atoms with E-state index in [1.807, 2.05) is 13.0 Å². The maximum atomic E-state index is 11.8. The number of aromatic amines is 1. The first kappa shape index (κ1) is 10.7. The number of halogens is 1. The van der Waals surface area contributed by atoms with Gasteiger partial charge >= 0.3 is 0 Å². The maximum Gasteiger partial charge on any atom is 0.189 e. The van der Waals surface area contributed by atoms with Crippen molar-refractivity contribution in [2.24, 2.45) is 0 Å². The SMILES string of the molecule is Cc1c(Cl)ccc2c(=O)cc(CC#N)[nH]c12. The van der Waals surface area contributed by atoms with Crippen LogP contribution >= 0.6 is 11.6 Å². The van der Waals surface area contributed by atoms with Crippen molar-refractivity contribution in [2.75, 3.05) is 0 Å². The molecule has 0 aliphatic heterocycles. The van der Waals surface area contributed by atoms with Crippen LogP contribution in [0.25, 0.3) is 10.9 Å². The molecular weight excluding hydrogens is 224 g/mol. The molecule has 0 fully saturated rings. The molecule has 0 saturated heterocycles. The Morgan fingerprint density at radius 3 is 2.94 bits per heavy atom. The smallest absolute Gasteiger partial charge is 0.189 e. The highest BCUT2D eigenvalue weighted by Crippen LogP contribution is 2.21. The molecule has 0 aliphatic rings. The topological polar surface area (TPSA) is 56.6 Å². The highest BCUT2D eigenvalue weighted by atomic mass is 35.5. The molecule has 2 rings (SSSR count). The Kier molecular flexibility index (Phi) is 2.67. The summed E-state index contributed by atoms with van der Waals surface area (Å²) in [5.74, 6) is 0. The number of H-pyrrole nitrogens is 1. The number of nitriles is 1. The summed E-state index contributed by atoms with van der Waals surface area (Å²) in [7, 11) is 0. The van der Waals surface area contributed by atoms with E-state index in [1.165, 1.54) is 6.07 Å². The molecule has 2 aromatic rings. The average molecular weight is 233 g/mol. The standard InChI is InChI=1S/C12H9ClN2O/c1-7-10(13)3-2-9-11(16)6-8(4-5-14)15-12(7)9/h2-3,6H,4H2,1H3,(H,15,16). The third-order valence-electron chi connectivity index (χ3n) is 2.52. The monoisotopic (exact) mass is 232 g/mol. The van der Waals surface area contributed by atoms with E-state index in [2.05, 4.69) is 4.98 Å². The van der Waals surface area contributed by atoms with Gasteiger partial charge in [-0.1, -0.05) is 11.6 Å². The average Bonchev–Trinajstić information content (AvgIpc) is 2.25. The Morgan fingerprint density at radius 1 is 1.50 bits per heavy atom. The van der Waals surface area contributed by atoms with E-state index in [1.54, 1.807) is 12.1 Å². The van der Waals surface area contributed by atoms with E-state index >= 15 is 0 Å². The van der Waals surface area contributed by atoms with Gasteiger partial charge in [0.05, 0.1) is 18.0 Å². The number of nitrogens with one attached hydrogen (secondary N) is 1. The zero-order chi connectivity index (χ0) is 11.7. The lowest BCUT2D eigenvalue weighted by Crippen LogP contribution is -2.05. The zero-order valence-electron chi connectivity index (χ0n) is 8.67. The molecule has 1 aromatic carbocycles. The fourth-order valence-corrected chi connectivity index (χ4v) is 1.82. The number of hydrogen-bond acceptors (Lipinski definition) is 2. The summed E-state index contributed by atoms with van der Waals surface area (Å²) >= 11 is 5.98. The third kappa shape index (κ3) is 1.68. The van der Waals surface area contributed by atoms with Crippen molar-refractivity contribution in [3.8, 4) is 6.07 Å². The minimum absolute atomic E-state index is 0.0845. The Labute approximate surface area is 97.3 Å². The predicted octanol–water partition coefficient (Wildman–Crippen LogP) is 2.56. The van der Waals surface area contributed by atoms with E-state index in [-0.39, 0.29) is 11.8 Å². The number of aromatic nitrogens is 1. The molecule has 0 amide bonds. The molecule has 0 saturated carbocycles. The van der Waals surface area contributed by atoms with Gasteiger partial charge in [0.15, 0.2) is 5.43 Å². The van der Waals surface area contributed by atoms with Crippen LogP contribution in [0.15, 0.2) is 23.0 Å². The van der Waals surface area contributed by atoms with Crippen LogP contribution in [0, 0.1) is 18.3 Å². The van der Waals surface area contributed by atoms with E-state index in [0.717, 1.165) is 5.56 Å². The van der Waals surface area contributed by atoms with Gasteiger partial charge in [-0.2, -0.15) is 5.26 Å². The predicted molar refractivity (Wildman–Crippen MR) is 63.6 cm³/mol. The third-order valence-corrected chi connectivity index (χ3v) is 2.93. The Balaban J connectivity index is 2.84. The van der Waals surface area contributed by atoms with Crippen molar-refractivity contribution in [3.05, 3.63) is 44.7 Å². The number of pyridine rings is 1. The number of nitrogens with zero attached hydrogens (tertiary/aromatic N) is 1. The molecule has 0 unspecified atom stereocenters. The first-order chi connectivity index (χ1) is 7.63. The van der Waals surface area contributed by atoms with E-state index < -0.39 is 0 Å². The molecule has 16 heavy (non-hydrogen) atoms. The summed E-state index contributed by atoms with van der Waals surface area (Å²) in [6, 6.07) is 6.86. The van der Waals surface area contributed by atoms with Crippen molar-refractivity contribution in [2.45, 2.75) is 13.3 Å². The van der Waals surface area contributed by atoms with Crippen LogP contribution in [0.5, 0.6) is 0 Å². The highest BCUT2D eigenvalue weighted by Gasteiger charge is 2.06. The van der Waals surface area contributed by atoms with Crippen LogP contribution in [0.3, 0.4) is 0 Å². The lowest BCUT2D eigenvalue weighted by molar-refractivity contribution is 1.13. The van der Waals surface area contributed by atoms with Crippen LogP contribution in [-0.4, -0.2) is 4.98 Å². The van der Waals surface area contributed by atoms with Gasteiger partial charge < -0.3 is 4.98 Å². The van der Waals surface area contributed by atoms with Crippen LogP contribution < -0.4 is 5.43 Å². The molecule has 0 radical (unpaired) electrons. The molecule has 4 heteroatoms. The largest absolute Gasteiger partial charge is 0.357 e. The Bertz CT molecular complexity index is 652. The molecule has 0 bridgehead atoms. The number of rotatable bonds is 1. The lowest BCUT2D eigenvalue weighted by Gasteiger charge is -2.05. The van der Waals surface area contributed by atoms with Gasteiger partial charge in [0, 0.05) is 22.2 Å². The molecule has 0 spiro atoms. The quantitative estimate of drug-likeness (QED) is 0.822. The molecule has 0 aliphatic carbocycles. The Hall–Kier alpha value is -1.79. The number of fused-ring (bicyclic) bond motifs is 1. The van der Waals surface area contributed by atoms with Crippen molar-refractivity contribution in [1.29, 1.82) is 5.26 Å². The second-order valence-electron chi connectivity index (χ2n) is 3.59. The number of aryl methyl sites for hydroxylation is 1. The fourth-order valence-electron chi connectivity index (χ4n) is 1.67. The van der Waals surface area contributed by atoms with Gasteiger partial charge in [-0.05, 0) is 24.6 Å². The second-order valence-corrected chi connectivity index (χ2v) is 4.00. The summed E-state index contributed by atoms with van der Waals surface area (Å²) in [6.45, 7) is 1.84. The van der Waals surface area contributed by atoms with Crippen LogP contribution in [0.4, 0.5) is 0 Å². The van der Waals surface area contributed by atoms with Crippen molar-refractivity contribution >= 4 is 22.5 Å². The van der Waals surface area contributed by atoms with Crippen molar-refractivity contribution in [3.63, 3.8) is 0 Å². The summed E-state index contributed by atoms with van der Waals surface area (Å²) in [5.41, 5.74) is 2.07. The van der Waals surface area contributed by atoms with Gasteiger partial charge in [-0.3, -0.25) is 4.79 Å². The first-order valence-corrected chi connectivity index (χ1v) is 5.19. The molecule has 3 nitrogen and oxygen atoms in total. The van der Waals surface area contributed by atoms with Gasteiger partial charge in [0.2, 0.25) is 0 Å². The summed E-state index contributed by atoms with van der Waals surface area (Å²) in [4.78, 5) is 14.8. The minimum Gasteiger partial charge on any atom is -0.357 e. The highest BCUT2D eigenvalue weighted by molar-refractivity contribution is 6.32. The molecule has 1 aromatic heterocycles. The fraction of sp³-hybridized carbons (Fsp3) is 0.167.